The van der Waals surface area contributed by atoms with E-state index in [0.29, 0.717) is 0 Å². The molecule has 0 aromatic carbocycles. The Morgan fingerprint density at radius 2 is 1.31 bits per heavy atom. The summed E-state index contributed by atoms with van der Waals surface area (Å²) in [5.74, 6) is 0. The standard InChI is InChI=1S/2C3H8N.2CH3O.Hf/c2*1-2-3-4;2*1-2;/h2*4H,2-3H2,1H3;2*1H3;/q4*-1;+4. The Morgan fingerprint density at radius 3 is 1.54 bits per heavy atom. The van der Waals surface area contributed by atoms with Crippen LogP contribution >= 0.6 is 0 Å². The van der Waals surface area contributed by atoms with E-state index in [1.54, 1.807) is 14.2 Å². The SMILES string of the molecule is CCC[NH][Hf]([NH]CCC)([O]C)[O]C. The number of rotatable bonds is 8. The molecule has 0 saturated carbocycles. The van der Waals surface area contributed by atoms with Gasteiger partial charge in [-0.3, -0.25) is 0 Å². The molecule has 0 spiro atoms. The quantitative estimate of drug-likeness (QED) is 0.639. The van der Waals surface area contributed by atoms with E-state index in [2.05, 4.69) is 20.5 Å². The monoisotopic (exact) mass is 358 g/mol. The second kappa shape index (κ2) is 8.05. The van der Waals surface area contributed by atoms with E-state index < -0.39 is 21.4 Å². The molecule has 0 aliphatic heterocycles. The molecule has 0 bridgehead atoms. The Kier molecular flexibility index (Phi) is 8.49. The van der Waals surface area contributed by atoms with Crippen LogP contribution in [0.2, 0.25) is 0 Å². The molecule has 0 aromatic heterocycles. The van der Waals surface area contributed by atoms with E-state index in [1.807, 2.05) is 0 Å². The predicted molar refractivity (Wildman–Crippen MR) is 50.6 cm³/mol. The van der Waals surface area contributed by atoms with Crippen LogP contribution in [0.1, 0.15) is 26.7 Å². The van der Waals surface area contributed by atoms with Gasteiger partial charge in [0.25, 0.3) is 0 Å². The molecule has 0 aliphatic rings. The average molecular weight is 357 g/mol. The number of hydrogen-bond acceptors (Lipinski definition) is 4. The number of hydrogen-bond donors (Lipinski definition) is 2. The minimum absolute atomic E-state index is 0.958. The van der Waals surface area contributed by atoms with Gasteiger partial charge in [-0.15, -0.1) is 0 Å². The van der Waals surface area contributed by atoms with Gasteiger partial charge in [0.05, 0.1) is 0 Å². The first-order valence-corrected chi connectivity index (χ1v) is 11.4. The molecule has 0 fully saturated rings. The van der Waals surface area contributed by atoms with Crippen LogP contribution in [0.5, 0.6) is 0 Å². The Bertz CT molecular complexity index is 111. The van der Waals surface area contributed by atoms with Crippen LogP contribution in [0.25, 0.3) is 0 Å². The second-order valence-corrected chi connectivity index (χ2v) is 12.8. The molecular weight excluding hydrogens is 335 g/mol. The molecule has 0 radical (unpaired) electrons. The molecule has 0 unspecified atom stereocenters. The summed E-state index contributed by atoms with van der Waals surface area (Å²) in [6, 6.07) is 0. The molecule has 0 atom stereocenters. The summed E-state index contributed by atoms with van der Waals surface area (Å²) in [5, 5.41) is 0. The van der Waals surface area contributed by atoms with Gasteiger partial charge in [-0.2, -0.15) is 0 Å². The van der Waals surface area contributed by atoms with Crippen LogP contribution in [0.15, 0.2) is 0 Å². The Labute approximate surface area is 87.7 Å². The van der Waals surface area contributed by atoms with Gasteiger partial charge in [0.2, 0.25) is 0 Å². The van der Waals surface area contributed by atoms with Crippen molar-refractivity contribution in [3.63, 3.8) is 0 Å². The van der Waals surface area contributed by atoms with Gasteiger partial charge in [-0.1, -0.05) is 0 Å². The minimum atomic E-state index is -3.17. The van der Waals surface area contributed by atoms with Gasteiger partial charge >= 0.3 is 87.7 Å². The first kappa shape index (κ1) is 13.7. The van der Waals surface area contributed by atoms with Crippen molar-refractivity contribution in [1.29, 1.82) is 0 Å². The van der Waals surface area contributed by atoms with Crippen LogP contribution in [0.4, 0.5) is 0 Å². The van der Waals surface area contributed by atoms with Gasteiger partial charge in [0.15, 0.2) is 0 Å². The third kappa shape index (κ3) is 5.22. The molecule has 0 heterocycles. The van der Waals surface area contributed by atoms with Crippen molar-refractivity contribution in [2.75, 3.05) is 27.3 Å². The third-order valence-electron chi connectivity index (χ3n) is 1.79. The Morgan fingerprint density at radius 1 is 0.923 bits per heavy atom. The normalized spacial score (nSPS) is 12.0. The fourth-order valence-electron chi connectivity index (χ4n) is 1.01. The van der Waals surface area contributed by atoms with Crippen molar-refractivity contribution in [3.05, 3.63) is 0 Å². The summed E-state index contributed by atoms with van der Waals surface area (Å²) >= 11 is -3.17. The van der Waals surface area contributed by atoms with Gasteiger partial charge in [0, 0.05) is 0 Å². The van der Waals surface area contributed by atoms with Gasteiger partial charge in [0.1, 0.15) is 0 Å². The van der Waals surface area contributed by atoms with Crippen LogP contribution in [0, 0.1) is 0 Å². The predicted octanol–water partition coefficient (Wildman–Crippen LogP) is 1.09. The maximum atomic E-state index is 5.47. The van der Waals surface area contributed by atoms with Crippen molar-refractivity contribution in [2.24, 2.45) is 0 Å². The van der Waals surface area contributed by atoms with Crippen LogP contribution in [-0.2, 0) is 27.1 Å². The Balaban J connectivity index is 3.97. The van der Waals surface area contributed by atoms with E-state index in [9.17, 15) is 0 Å². The van der Waals surface area contributed by atoms with E-state index in [4.69, 9.17) is 5.71 Å². The summed E-state index contributed by atoms with van der Waals surface area (Å²) in [7, 11) is 3.44. The molecule has 4 nitrogen and oxygen atoms in total. The molecule has 2 N–H and O–H groups in total. The van der Waals surface area contributed by atoms with E-state index in [0.717, 1.165) is 25.9 Å². The zero-order valence-electron chi connectivity index (χ0n) is 9.14. The summed E-state index contributed by atoms with van der Waals surface area (Å²) in [6.45, 7) is 6.19. The summed E-state index contributed by atoms with van der Waals surface area (Å²) in [4.78, 5) is 0. The summed E-state index contributed by atoms with van der Waals surface area (Å²) < 4.78 is 17.7. The third-order valence-corrected chi connectivity index (χ3v) is 11.1. The summed E-state index contributed by atoms with van der Waals surface area (Å²) in [6.07, 6.45) is 2.20. The molecule has 0 aliphatic carbocycles. The molecular formula is C8H22HfN2O2. The molecule has 0 saturated heterocycles. The first-order chi connectivity index (χ1) is 6.24. The van der Waals surface area contributed by atoms with Gasteiger partial charge < -0.3 is 0 Å². The topological polar surface area (TPSA) is 42.5 Å². The second-order valence-electron chi connectivity index (χ2n) is 2.88. The van der Waals surface area contributed by atoms with Crippen molar-refractivity contribution < 1.29 is 27.1 Å². The summed E-state index contributed by atoms with van der Waals surface area (Å²) in [5.41, 5.74) is 0. The van der Waals surface area contributed by atoms with Gasteiger partial charge in [-0.05, 0) is 0 Å². The fraction of sp³-hybridized carbons (Fsp3) is 1.00. The molecule has 0 rings (SSSR count). The zero-order chi connectivity index (χ0) is 10.2. The van der Waals surface area contributed by atoms with Crippen molar-refractivity contribution in [3.8, 4) is 0 Å². The van der Waals surface area contributed by atoms with Crippen LogP contribution in [0.3, 0.4) is 0 Å². The molecule has 0 aromatic rings. The van der Waals surface area contributed by atoms with Crippen molar-refractivity contribution in [1.82, 2.24) is 6.61 Å². The van der Waals surface area contributed by atoms with Gasteiger partial charge in [-0.25, -0.2) is 0 Å². The van der Waals surface area contributed by atoms with Crippen LogP contribution in [-0.4, -0.2) is 27.3 Å². The van der Waals surface area contributed by atoms with E-state index >= 15 is 0 Å². The molecule has 13 heavy (non-hydrogen) atoms. The van der Waals surface area contributed by atoms with E-state index in [1.165, 1.54) is 0 Å². The Hall–Kier alpha value is 0.710. The maximum absolute atomic E-state index is 5.47. The first-order valence-electron chi connectivity index (χ1n) is 4.85. The molecule has 0 amide bonds. The molecule has 5 heteroatoms. The zero-order valence-corrected chi connectivity index (χ0v) is 12.7. The van der Waals surface area contributed by atoms with Crippen LogP contribution < -0.4 is 6.61 Å². The fourth-order valence-corrected chi connectivity index (χ4v) is 8.30. The average Bonchev–Trinajstić information content (AvgIpc) is 2.20. The van der Waals surface area contributed by atoms with E-state index in [-0.39, 0.29) is 0 Å². The van der Waals surface area contributed by atoms with Crippen molar-refractivity contribution >= 4 is 0 Å². The number of nitrogens with one attached hydrogen (secondary N) is 2. The van der Waals surface area contributed by atoms with Crippen molar-refractivity contribution in [2.45, 2.75) is 26.7 Å². The molecule has 80 valence electrons.